The zero-order valence-electron chi connectivity index (χ0n) is 19.5. The van der Waals surface area contributed by atoms with Crippen molar-refractivity contribution in [2.45, 2.75) is 18.9 Å². The molecule has 0 aliphatic carbocycles. The summed E-state index contributed by atoms with van der Waals surface area (Å²) in [5.74, 6) is 1.36. The van der Waals surface area contributed by atoms with Crippen molar-refractivity contribution in [2.75, 3.05) is 31.8 Å². The Bertz CT molecular complexity index is 1410. The van der Waals surface area contributed by atoms with Crippen LogP contribution in [0.15, 0.2) is 65.5 Å². The number of benzene rings is 2. The highest BCUT2D eigenvalue weighted by Crippen LogP contribution is 2.41. The van der Waals surface area contributed by atoms with E-state index in [1.54, 1.807) is 13.2 Å². The molecular formula is C28H26ClN3O3. The van der Waals surface area contributed by atoms with Crippen LogP contribution in [0.2, 0.25) is 5.02 Å². The van der Waals surface area contributed by atoms with Gasteiger partial charge in [-0.05, 0) is 42.7 Å². The van der Waals surface area contributed by atoms with Crippen LogP contribution in [0.5, 0.6) is 5.75 Å². The van der Waals surface area contributed by atoms with Gasteiger partial charge in [-0.2, -0.15) is 0 Å². The lowest BCUT2D eigenvalue weighted by atomic mass is 9.83. The maximum absolute atomic E-state index is 13.7. The van der Waals surface area contributed by atoms with Crippen molar-refractivity contribution in [1.82, 2.24) is 9.47 Å². The SMILES string of the molecule is COc1ccccc1C=C1C(=O)N(CN2CC3CC(C2)c2cccc(=O)n2C3)c2cc(Cl)ccc21. The molecular weight excluding hydrogens is 462 g/mol. The number of hydrogen-bond acceptors (Lipinski definition) is 4. The van der Waals surface area contributed by atoms with Gasteiger partial charge in [-0.3, -0.25) is 19.4 Å². The van der Waals surface area contributed by atoms with E-state index < -0.39 is 0 Å². The number of methoxy groups -OCH3 is 1. The predicted octanol–water partition coefficient (Wildman–Crippen LogP) is 4.47. The number of carbonyl (C=O) groups excluding carboxylic acids is 1. The molecule has 0 saturated carbocycles. The Balaban J connectivity index is 1.32. The quantitative estimate of drug-likeness (QED) is 0.509. The zero-order chi connectivity index (χ0) is 24.1. The van der Waals surface area contributed by atoms with E-state index in [4.69, 9.17) is 16.3 Å². The van der Waals surface area contributed by atoms with Gasteiger partial charge in [0.25, 0.3) is 11.5 Å². The highest BCUT2D eigenvalue weighted by atomic mass is 35.5. The number of aromatic nitrogens is 1. The molecule has 3 aliphatic heterocycles. The van der Waals surface area contributed by atoms with Crippen LogP contribution in [-0.4, -0.2) is 42.2 Å². The standard InChI is InChI=1S/C28H26ClN3O3/c1-35-26-7-3-2-5-19(26)12-23-22-10-9-21(29)13-25(22)32(28(23)34)17-30-14-18-11-20(16-30)24-6-4-8-27(33)31(24)15-18/h2-10,12-13,18,20H,11,14-17H2,1H3. The molecule has 0 spiro atoms. The summed E-state index contributed by atoms with van der Waals surface area (Å²) >= 11 is 6.36. The Hall–Kier alpha value is -3.35. The Morgan fingerprint density at radius 2 is 1.89 bits per heavy atom. The summed E-state index contributed by atoms with van der Waals surface area (Å²) in [7, 11) is 1.63. The van der Waals surface area contributed by atoms with E-state index in [0.717, 1.165) is 54.3 Å². The summed E-state index contributed by atoms with van der Waals surface area (Å²) in [5.41, 5.74) is 4.38. The lowest BCUT2D eigenvalue weighted by molar-refractivity contribution is -0.113. The van der Waals surface area contributed by atoms with Gasteiger partial charge >= 0.3 is 0 Å². The number of ether oxygens (including phenoxy) is 1. The first-order valence-corrected chi connectivity index (χ1v) is 12.3. The van der Waals surface area contributed by atoms with Crippen molar-refractivity contribution in [3.05, 3.63) is 92.9 Å². The average Bonchev–Trinajstić information content (AvgIpc) is 3.10. The van der Waals surface area contributed by atoms with Gasteiger partial charge in [0.15, 0.2) is 0 Å². The second-order valence-corrected chi connectivity index (χ2v) is 10.0. The van der Waals surface area contributed by atoms with Crippen molar-refractivity contribution in [3.63, 3.8) is 0 Å². The van der Waals surface area contributed by atoms with Gasteiger partial charge in [-0.1, -0.05) is 41.9 Å². The number of fused-ring (bicyclic) bond motifs is 5. The highest BCUT2D eigenvalue weighted by Gasteiger charge is 2.38. The summed E-state index contributed by atoms with van der Waals surface area (Å²) in [6.45, 7) is 2.88. The van der Waals surface area contributed by atoms with Gasteiger partial charge in [0.2, 0.25) is 0 Å². The minimum Gasteiger partial charge on any atom is -0.496 e. The number of carbonyl (C=O) groups is 1. The largest absolute Gasteiger partial charge is 0.496 e. The number of nitrogens with zero attached hydrogens (tertiary/aromatic N) is 3. The number of piperidine rings is 1. The van der Waals surface area contributed by atoms with Crippen LogP contribution >= 0.6 is 11.6 Å². The smallest absolute Gasteiger partial charge is 0.260 e. The van der Waals surface area contributed by atoms with Gasteiger partial charge in [0.05, 0.1) is 19.5 Å². The fourth-order valence-corrected chi connectivity index (χ4v) is 6.02. The lowest BCUT2D eigenvalue weighted by Crippen LogP contribution is -2.50. The van der Waals surface area contributed by atoms with Gasteiger partial charge in [0.1, 0.15) is 5.75 Å². The van der Waals surface area contributed by atoms with Gasteiger partial charge < -0.3 is 9.30 Å². The maximum Gasteiger partial charge on any atom is 0.260 e. The van der Waals surface area contributed by atoms with Crippen molar-refractivity contribution in [2.24, 2.45) is 5.92 Å². The molecule has 178 valence electrons. The molecule has 6 rings (SSSR count). The van der Waals surface area contributed by atoms with Crippen LogP contribution < -0.4 is 15.2 Å². The van der Waals surface area contributed by atoms with Crippen LogP contribution in [0.3, 0.4) is 0 Å². The van der Waals surface area contributed by atoms with E-state index >= 15 is 0 Å². The molecule has 2 unspecified atom stereocenters. The molecule has 0 N–H and O–H groups in total. The molecule has 1 amide bonds. The number of para-hydroxylation sites is 1. The number of amides is 1. The minimum atomic E-state index is -0.0412. The van der Waals surface area contributed by atoms with E-state index in [0.29, 0.717) is 23.2 Å². The Morgan fingerprint density at radius 3 is 2.74 bits per heavy atom. The van der Waals surface area contributed by atoms with E-state index in [-0.39, 0.29) is 17.4 Å². The zero-order valence-corrected chi connectivity index (χ0v) is 20.2. The molecule has 35 heavy (non-hydrogen) atoms. The van der Waals surface area contributed by atoms with E-state index in [1.807, 2.05) is 64.1 Å². The summed E-state index contributed by atoms with van der Waals surface area (Å²) < 4.78 is 7.43. The fraction of sp³-hybridized carbons (Fsp3) is 0.286. The first kappa shape index (κ1) is 22.1. The second-order valence-electron chi connectivity index (χ2n) is 9.57. The molecule has 2 aromatic carbocycles. The van der Waals surface area contributed by atoms with Crippen LogP contribution in [-0.2, 0) is 11.3 Å². The number of likely N-dealkylation sites (tertiary alicyclic amines) is 1. The Kier molecular flexibility index (Phi) is 5.50. The molecule has 1 saturated heterocycles. The molecule has 1 aromatic heterocycles. The molecule has 6 nitrogen and oxygen atoms in total. The highest BCUT2D eigenvalue weighted by molar-refractivity contribution is 6.37. The van der Waals surface area contributed by atoms with Crippen LogP contribution in [0, 0.1) is 5.92 Å². The third kappa shape index (κ3) is 3.87. The molecule has 0 radical (unpaired) electrons. The molecule has 2 bridgehead atoms. The number of pyridine rings is 1. The topological polar surface area (TPSA) is 54.8 Å². The molecule has 3 aromatic rings. The van der Waals surface area contributed by atoms with Gasteiger partial charge in [0, 0.05) is 59.0 Å². The van der Waals surface area contributed by atoms with Crippen molar-refractivity contribution in [3.8, 4) is 5.75 Å². The van der Waals surface area contributed by atoms with E-state index in [2.05, 4.69) is 11.0 Å². The third-order valence-corrected chi connectivity index (χ3v) is 7.59. The summed E-state index contributed by atoms with van der Waals surface area (Å²) in [6.07, 6.45) is 2.98. The minimum absolute atomic E-state index is 0.0412. The van der Waals surface area contributed by atoms with Crippen molar-refractivity contribution < 1.29 is 9.53 Å². The Labute approximate surface area is 209 Å². The second kappa shape index (κ2) is 8.70. The number of hydrogen-bond donors (Lipinski definition) is 0. The predicted molar refractivity (Wildman–Crippen MR) is 138 cm³/mol. The number of rotatable bonds is 4. The first-order chi connectivity index (χ1) is 17.0. The molecule has 1 fully saturated rings. The molecule has 7 heteroatoms. The summed E-state index contributed by atoms with van der Waals surface area (Å²) in [5, 5.41) is 0.601. The van der Waals surface area contributed by atoms with Gasteiger partial charge in [-0.15, -0.1) is 0 Å². The van der Waals surface area contributed by atoms with E-state index in [9.17, 15) is 9.59 Å². The monoisotopic (exact) mass is 487 g/mol. The van der Waals surface area contributed by atoms with Crippen LogP contribution in [0.1, 0.15) is 29.2 Å². The number of halogens is 1. The maximum atomic E-state index is 13.7. The fourth-order valence-electron chi connectivity index (χ4n) is 5.86. The molecule has 3 aliphatic rings. The molecule has 2 atom stereocenters. The van der Waals surface area contributed by atoms with Crippen LogP contribution in [0.25, 0.3) is 11.6 Å². The van der Waals surface area contributed by atoms with Gasteiger partial charge in [-0.25, -0.2) is 0 Å². The average molecular weight is 488 g/mol. The summed E-state index contributed by atoms with van der Waals surface area (Å²) in [6, 6.07) is 18.9. The Morgan fingerprint density at radius 1 is 1.03 bits per heavy atom. The number of anilines is 1. The molecule has 4 heterocycles. The van der Waals surface area contributed by atoms with Crippen molar-refractivity contribution in [1.29, 1.82) is 0 Å². The first-order valence-electron chi connectivity index (χ1n) is 11.9. The van der Waals surface area contributed by atoms with Crippen molar-refractivity contribution >= 4 is 34.8 Å². The normalized spacial score (nSPS) is 22.3. The lowest BCUT2D eigenvalue weighted by Gasteiger charge is -2.43. The van der Waals surface area contributed by atoms with E-state index in [1.165, 1.54) is 0 Å². The van der Waals surface area contributed by atoms with Crippen LogP contribution in [0.4, 0.5) is 5.69 Å². The third-order valence-electron chi connectivity index (χ3n) is 7.35. The summed E-state index contributed by atoms with van der Waals surface area (Å²) in [4.78, 5) is 30.3.